The highest BCUT2D eigenvalue weighted by Gasteiger charge is 2.38. The quantitative estimate of drug-likeness (QED) is 0.162. The summed E-state index contributed by atoms with van der Waals surface area (Å²) in [5.41, 5.74) is 31.4. The van der Waals surface area contributed by atoms with Crippen molar-refractivity contribution in [2.24, 2.45) is 0 Å². The second kappa shape index (κ2) is 14.6. The van der Waals surface area contributed by atoms with E-state index in [2.05, 4.69) is 243 Å². The SMILES string of the molecule is c1ccc(/C(=C2/c3ccccc3-c3ccc(-c4ccc5c(c4)/C(=C(/c4ccccc4)C4c6ccccc6-c6ccccc64)c4ccccc4-5)cc32)C2c3ccccc3-c3ccccc32)cc1. The van der Waals surface area contributed by atoms with Crippen LogP contribution in [0.5, 0.6) is 0 Å². The van der Waals surface area contributed by atoms with Crippen LogP contribution in [-0.4, -0.2) is 0 Å². The third kappa shape index (κ3) is 5.39. The largest absolute Gasteiger partial charge is 0.0622 e. The molecule has 4 aliphatic rings. The van der Waals surface area contributed by atoms with Crippen LogP contribution in [0.25, 0.3) is 77.9 Å². The molecule has 0 heterocycles. The van der Waals surface area contributed by atoms with Crippen molar-refractivity contribution in [2.45, 2.75) is 11.8 Å². The molecule has 10 aromatic carbocycles. The molecule has 14 rings (SSSR count). The first kappa shape index (κ1) is 37.1. The van der Waals surface area contributed by atoms with Crippen LogP contribution in [-0.2, 0) is 0 Å². The van der Waals surface area contributed by atoms with Gasteiger partial charge in [0, 0.05) is 11.8 Å². The number of allylic oxidation sites excluding steroid dienone is 2. The summed E-state index contributed by atoms with van der Waals surface area (Å²) < 4.78 is 0. The Morgan fingerprint density at radius 2 is 0.485 bits per heavy atom. The van der Waals surface area contributed by atoms with E-state index in [0.717, 1.165) is 0 Å². The zero-order chi connectivity index (χ0) is 43.3. The summed E-state index contributed by atoms with van der Waals surface area (Å²) in [6.45, 7) is 0. The molecular formula is C66H42. The van der Waals surface area contributed by atoms with E-state index < -0.39 is 0 Å². The number of benzene rings is 10. The third-order valence-corrected chi connectivity index (χ3v) is 14.8. The van der Waals surface area contributed by atoms with Crippen LogP contribution < -0.4 is 0 Å². The van der Waals surface area contributed by atoms with E-state index in [1.807, 2.05) is 0 Å². The van der Waals surface area contributed by atoms with Crippen molar-refractivity contribution >= 4 is 22.3 Å². The van der Waals surface area contributed by atoms with Gasteiger partial charge in [0.05, 0.1) is 0 Å². The van der Waals surface area contributed by atoms with Crippen LogP contribution in [0.4, 0.5) is 0 Å². The highest BCUT2D eigenvalue weighted by Crippen LogP contribution is 2.59. The van der Waals surface area contributed by atoms with Gasteiger partial charge in [0.25, 0.3) is 0 Å². The molecule has 0 fully saturated rings. The summed E-state index contributed by atoms with van der Waals surface area (Å²) in [4.78, 5) is 0. The molecule has 0 spiro atoms. The molecule has 0 N–H and O–H groups in total. The lowest BCUT2D eigenvalue weighted by Gasteiger charge is -2.23. The lowest BCUT2D eigenvalue weighted by Crippen LogP contribution is -2.04. The molecule has 0 saturated heterocycles. The normalized spacial score (nSPS) is 15.2. The summed E-state index contributed by atoms with van der Waals surface area (Å²) in [5.74, 6) is 0.150. The van der Waals surface area contributed by atoms with Gasteiger partial charge in [-0.05, 0) is 146 Å². The van der Waals surface area contributed by atoms with Crippen LogP contribution in [0.15, 0.2) is 243 Å². The Balaban J connectivity index is 1.01. The minimum absolute atomic E-state index is 0.0749. The molecule has 306 valence electrons. The number of hydrogen-bond donors (Lipinski definition) is 0. The van der Waals surface area contributed by atoms with Gasteiger partial charge in [-0.1, -0.05) is 231 Å². The van der Waals surface area contributed by atoms with Gasteiger partial charge in [-0.25, -0.2) is 0 Å². The fourth-order valence-corrected chi connectivity index (χ4v) is 12.2. The van der Waals surface area contributed by atoms with Gasteiger partial charge in [0.15, 0.2) is 0 Å². The van der Waals surface area contributed by atoms with Crippen LogP contribution in [0.3, 0.4) is 0 Å². The highest BCUT2D eigenvalue weighted by atomic mass is 14.4. The van der Waals surface area contributed by atoms with Crippen molar-refractivity contribution in [3.63, 3.8) is 0 Å². The Morgan fingerprint density at radius 3 is 0.833 bits per heavy atom. The molecule has 0 nitrogen and oxygen atoms in total. The van der Waals surface area contributed by atoms with E-state index in [4.69, 9.17) is 0 Å². The van der Waals surface area contributed by atoms with Crippen LogP contribution in [0.2, 0.25) is 0 Å². The van der Waals surface area contributed by atoms with Gasteiger partial charge in [0.1, 0.15) is 0 Å². The monoisotopic (exact) mass is 834 g/mol. The van der Waals surface area contributed by atoms with Gasteiger partial charge in [0.2, 0.25) is 0 Å². The fraction of sp³-hybridized carbons (Fsp3) is 0.0303. The molecule has 0 bridgehead atoms. The van der Waals surface area contributed by atoms with Gasteiger partial charge >= 0.3 is 0 Å². The molecule has 10 aromatic rings. The molecule has 0 amide bonds. The van der Waals surface area contributed by atoms with E-state index >= 15 is 0 Å². The molecule has 0 heteroatoms. The summed E-state index contributed by atoms with van der Waals surface area (Å²) in [6.07, 6.45) is 0. The Morgan fingerprint density at radius 1 is 0.212 bits per heavy atom. The molecule has 0 saturated carbocycles. The maximum Gasteiger partial charge on any atom is 0.0364 e. The van der Waals surface area contributed by atoms with E-state index in [1.54, 1.807) is 0 Å². The maximum absolute atomic E-state index is 2.50. The Labute approximate surface area is 386 Å². The minimum Gasteiger partial charge on any atom is -0.0622 e. The molecule has 4 aliphatic carbocycles. The molecule has 0 unspecified atom stereocenters. The smallest absolute Gasteiger partial charge is 0.0364 e. The van der Waals surface area contributed by atoms with E-state index in [9.17, 15) is 0 Å². The Hall–Kier alpha value is -8.32. The lowest BCUT2D eigenvalue weighted by molar-refractivity contribution is 1.09. The van der Waals surface area contributed by atoms with Crippen molar-refractivity contribution in [1.29, 1.82) is 0 Å². The van der Waals surface area contributed by atoms with E-state index in [1.165, 1.54) is 134 Å². The topological polar surface area (TPSA) is 0 Å². The summed E-state index contributed by atoms with van der Waals surface area (Å²) in [7, 11) is 0. The van der Waals surface area contributed by atoms with Crippen LogP contribution in [0, 0.1) is 0 Å². The van der Waals surface area contributed by atoms with Crippen molar-refractivity contribution < 1.29 is 0 Å². The number of rotatable bonds is 5. The van der Waals surface area contributed by atoms with Crippen LogP contribution >= 0.6 is 0 Å². The first-order valence-corrected chi connectivity index (χ1v) is 23.2. The first-order chi connectivity index (χ1) is 32.8. The number of fused-ring (bicyclic) bond motifs is 12. The Bertz CT molecular complexity index is 3360. The molecule has 0 aliphatic heterocycles. The van der Waals surface area contributed by atoms with Gasteiger partial charge in [-0.15, -0.1) is 0 Å². The minimum atomic E-state index is 0.0749. The second-order valence-corrected chi connectivity index (χ2v) is 18.1. The summed E-state index contributed by atoms with van der Waals surface area (Å²) >= 11 is 0. The fourth-order valence-electron chi connectivity index (χ4n) is 12.2. The second-order valence-electron chi connectivity index (χ2n) is 18.1. The maximum atomic E-state index is 2.50. The first-order valence-electron chi connectivity index (χ1n) is 23.2. The van der Waals surface area contributed by atoms with Gasteiger partial charge < -0.3 is 0 Å². The summed E-state index contributed by atoms with van der Waals surface area (Å²) in [5, 5.41) is 0. The third-order valence-electron chi connectivity index (χ3n) is 14.8. The average molecular weight is 835 g/mol. The standard InChI is InChI=1S/C66H42/c1-3-19-41(20-4-1)61(63-53-29-13-7-23-45(53)46-24-8-14-30-54(46)63)65-57-33-17-11-27-49(57)51-37-35-43(39-59(51)65)44-36-38-52-50-28-12-18-34-58(50)66(60(52)40-44)62(42-21-5-2-6-22-42)64-55-31-15-9-25-47(55)48-26-10-16-32-56(48)64/h1-40,63-64H/b65-61-,66-62+. The molecule has 0 atom stereocenters. The van der Waals surface area contributed by atoms with Crippen molar-refractivity contribution in [3.05, 3.63) is 298 Å². The predicted molar refractivity (Wildman–Crippen MR) is 275 cm³/mol. The van der Waals surface area contributed by atoms with Crippen molar-refractivity contribution in [3.8, 4) is 55.6 Å². The average Bonchev–Trinajstić information content (AvgIpc) is 4.11. The van der Waals surface area contributed by atoms with E-state index in [0.29, 0.717) is 0 Å². The van der Waals surface area contributed by atoms with E-state index in [-0.39, 0.29) is 11.8 Å². The molecular weight excluding hydrogens is 793 g/mol. The molecule has 0 aromatic heterocycles. The summed E-state index contributed by atoms with van der Waals surface area (Å²) in [6, 6.07) is 91.1. The predicted octanol–water partition coefficient (Wildman–Crippen LogP) is 16.9. The van der Waals surface area contributed by atoms with Crippen LogP contribution in [0.1, 0.15) is 67.5 Å². The van der Waals surface area contributed by atoms with Gasteiger partial charge in [-0.3, -0.25) is 0 Å². The lowest BCUT2D eigenvalue weighted by atomic mass is 9.79. The number of hydrogen-bond acceptors (Lipinski definition) is 0. The zero-order valence-corrected chi connectivity index (χ0v) is 36.2. The molecule has 66 heavy (non-hydrogen) atoms. The van der Waals surface area contributed by atoms with Gasteiger partial charge in [-0.2, -0.15) is 0 Å². The van der Waals surface area contributed by atoms with Crippen molar-refractivity contribution in [2.75, 3.05) is 0 Å². The van der Waals surface area contributed by atoms with Crippen molar-refractivity contribution in [1.82, 2.24) is 0 Å². The Kier molecular flexibility index (Phi) is 8.21. The molecule has 0 radical (unpaired) electrons. The highest BCUT2D eigenvalue weighted by molar-refractivity contribution is 6.15. The zero-order valence-electron chi connectivity index (χ0n) is 36.2.